The SMILES string of the molecule is O=C(O)CN1CCCN(Cc2cc(Cl)ccc2Cl)CC1. The Morgan fingerprint density at radius 1 is 1.15 bits per heavy atom. The van der Waals surface area contributed by atoms with Crippen LogP contribution in [0.1, 0.15) is 12.0 Å². The lowest BCUT2D eigenvalue weighted by Gasteiger charge is -2.21. The van der Waals surface area contributed by atoms with E-state index in [-0.39, 0.29) is 6.54 Å². The molecule has 6 heteroatoms. The van der Waals surface area contributed by atoms with E-state index in [1.54, 1.807) is 6.07 Å². The van der Waals surface area contributed by atoms with E-state index < -0.39 is 5.97 Å². The molecule has 1 aromatic carbocycles. The summed E-state index contributed by atoms with van der Waals surface area (Å²) in [6.07, 6.45) is 0.964. The first-order valence-electron chi connectivity index (χ1n) is 6.65. The summed E-state index contributed by atoms with van der Waals surface area (Å²) in [5, 5.41) is 10.2. The van der Waals surface area contributed by atoms with Crippen LogP contribution in [-0.4, -0.2) is 53.6 Å². The van der Waals surface area contributed by atoms with Crippen molar-refractivity contribution in [1.29, 1.82) is 0 Å². The molecule has 1 saturated heterocycles. The van der Waals surface area contributed by atoms with E-state index in [1.807, 2.05) is 17.0 Å². The molecule has 0 atom stereocenters. The predicted octanol–water partition coefficient (Wildman–Crippen LogP) is 2.59. The van der Waals surface area contributed by atoms with Crippen LogP contribution in [0, 0.1) is 0 Å². The van der Waals surface area contributed by atoms with Crippen molar-refractivity contribution >= 4 is 29.2 Å². The lowest BCUT2D eigenvalue weighted by molar-refractivity contribution is -0.138. The molecule has 0 unspecified atom stereocenters. The Kier molecular flexibility index (Phi) is 5.66. The lowest BCUT2D eigenvalue weighted by Crippen LogP contribution is -2.34. The van der Waals surface area contributed by atoms with E-state index in [1.165, 1.54) is 0 Å². The van der Waals surface area contributed by atoms with Crippen molar-refractivity contribution in [1.82, 2.24) is 9.80 Å². The fraction of sp³-hybridized carbons (Fsp3) is 0.500. The maximum atomic E-state index is 10.7. The molecule has 1 heterocycles. The van der Waals surface area contributed by atoms with Crippen molar-refractivity contribution in [3.05, 3.63) is 33.8 Å². The molecular formula is C14H18Cl2N2O2. The number of hydrogen-bond acceptors (Lipinski definition) is 3. The molecule has 1 fully saturated rings. The monoisotopic (exact) mass is 316 g/mol. The first-order chi connectivity index (χ1) is 9.54. The lowest BCUT2D eigenvalue weighted by atomic mass is 10.2. The number of nitrogens with zero attached hydrogens (tertiary/aromatic N) is 2. The standard InChI is InChI=1S/C14H18Cl2N2O2/c15-12-2-3-13(16)11(8-12)9-17-4-1-5-18(7-6-17)10-14(19)20/h2-3,8H,1,4-7,9-10H2,(H,19,20). The molecule has 0 spiro atoms. The van der Waals surface area contributed by atoms with Gasteiger partial charge in [-0.25, -0.2) is 0 Å². The molecule has 0 saturated carbocycles. The van der Waals surface area contributed by atoms with E-state index in [9.17, 15) is 4.79 Å². The number of halogens is 2. The van der Waals surface area contributed by atoms with Crippen LogP contribution in [0.4, 0.5) is 0 Å². The van der Waals surface area contributed by atoms with Crippen LogP contribution < -0.4 is 0 Å². The summed E-state index contributed by atoms with van der Waals surface area (Å²) in [5.41, 5.74) is 1.02. The highest BCUT2D eigenvalue weighted by molar-refractivity contribution is 6.33. The molecule has 1 N–H and O–H groups in total. The van der Waals surface area contributed by atoms with Gasteiger partial charge >= 0.3 is 5.97 Å². The quantitative estimate of drug-likeness (QED) is 0.927. The zero-order valence-corrected chi connectivity index (χ0v) is 12.7. The van der Waals surface area contributed by atoms with E-state index in [0.717, 1.165) is 49.7 Å². The van der Waals surface area contributed by atoms with E-state index in [4.69, 9.17) is 28.3 Å². The van der Waals surface area contributed by atoms with Crippen molar-refractivity contribution in [2.75, 3.05) is 32.7 Å². The third-order valence-corrected chi connectivity index (χ3v) is 4.05. The summed E-state index contributed by atoms with van der Waals surface area (Å²) in [5.74, 6) is -0.767. The van der Waals surface area contributed by atoms with Gasteiger partial charge in [0.05, 0.1) is 6.54 Å². The number of hydrogen-bond donors (Lipinski definition) is 1. The molecular weight excluding hydrogens is 299 g/mol. The average molecular weight is 317 g/mol. The number of rotatable bonds is 4. The number of aliphatic carboxylic acids is 1. The first-order valence-corrected chi connectivity index (χ1v) is 7.40. The molecule has 20 heavy (non-hydrogen) atoms. The Balaban J connectivity index is 1.94. The van der Waals surface area contributed by atoms with Crippen LogP contribution in [0.15, 0.2) is 18.2 Å². The highest BCUT2D eigenvalue weighted by atomic mass is 35.5. The van der Waals surface area contributed by atoms with Crippen LogP contribution in [0.3, 0.4) is 0 Å². The van der Waals surface area contributed by atoms with Crippen LogP contribution in [0.25, 0.3) is 0 Å². The summed E-state index contributed by atoms with van der Waals surface area (Å²) in [7, 11) is 0. The minimum absolute atomic E-state index is 0.117. The minimum atomic E-state index is -0.767. The number of benzene rings is 1. The van der Waals surface area contributed by atoms with Crippen LogP contribution in [0.5, 0.6) is 0 Å². The molecule has 1 aromatic rings. The summed E-state index contributed by atoms with van der Waals surface area (Å²) in [6, 6.07) is 5.49. The number of carboxylic acids is 1. The fourth-order valence-corrected chi connectivity index (χ4v) is 2.81. The van der Waals surface area contributed by atoms with E-state index >= 15 is 0 Å². The Hall–Kier alpha value is -0.810. The van der Waals surface area contributed by atoms with Gasteiger partial charge in [-0.1, -0.05) is 23.2 Å². The van der Waals surface area contributed by atoms with Crippen molar-refractivity contribution in [2.24, 2.45) is 0 Å². The van der Waals surface area contributed by atoms with Crippen LogP contribution in [-0.2, 0) is 11.3 Å². The van der Waals surface area contributed by atoms with Crippen molar-refractivity contribution in [3.63, 3.8) is 0 Å². The highest BCUT2D eigenvalue weighted by Crippen LogP contribution is 2.22. The number of carbonyl (C=O) groups is 1. The van der Waals surface area contributed by atoms with Crippen LogP contribution in [0.2, 0.25) is 10.0 Å². The highest BCUT2D eigenvalue weighted by Gasteiger charge is 2.17. The summed E-state index contributed by atoms with van der Waals surface area (Å²) in [6.45, 7) is 4.25. The molecule has 1 aliphatic rings. The molecule has 0 radical (unpaired) electrons. The van der Waals surface area contributed by atoms with Gasteiger partial charge in [0.15, 0.2) is 0 Å². The molecule has 0 amide bonds. The van der Waals surface area contributed by atoms with Gasteiger partial charge in [-0.3, -0.25) is 14.6 Å². The Labute approximate surface area is 128 Å². The van der Waals surface area contributed by atoms with Crippen molar-refractivity contribution in [2.45, 2.75) is 13.0 Å². The predicted molar refractivity (Wildman–Crippen MR) is 80.4 cm³/mol. The van der Waals surface area contributed by atoms with Crippen molar-refractivity contribution < 1.29 is 9.90 Å². The third kappa shape index (κ3) is 4.63. The van der Waals surface area contributed by atoms with Gasteiger partial charge in [0, 0.05) is 36.2 Å². The molecule has 4 nitrogen and oxygen atoms in total. The summed E-state index contributed by atoms with van der Waals surface area (Å²) in [4.78, 5) is 15.0. The average Bonchev–Trinajstić information content (AvgIpc) is 2.59. The van der Waals surface area contributed by atoms with Gasteiger partial charge in [0.2, 0.25) is 0 Å². The van der Waals surface area contributed by atoms with Crippen molar-refractivity contribution in [3.8, 4) is 0 Å². The van der Waals surface area contributed by atoms with Gasteiger partial charge in [-0.05, 0) is 36.7 Å². The zero-order valence-electron chi connectivity index (χ0n) is 11.2. The topological polar surface area (TPSA) is 43.8 Å². The molecule has 0 aliphatic carbocycles. The Morgan fingerprint density at radius 3 is 2.60 bits per heavy atom. The van der Waals surface area contributed by atoms with Gasteiger partial charge in [0.25, 0.3) is 0 Å². The van der Waals surface area contributed by atoms with Gasteiger partial charge < -0.3 is 5.11 Å². The number of carboxylic acid groups (broad SMARTS) is 1. The smallest absolute Gasteiger partial charge is 0.317 e. The Bertz CT molecular complexity index is 482. The third-order valence-electron chi connectivity index (χ3n) is 3.44. The molecule has 2 rings (SSSR count). The maximum Gasteiger partial charge on any atom is 0.317 e. The van der Waals surface area contributed by atoms with Crippen LogP contribution >= 0.6 is 23.2 Å². The molecule has 110 valence electrons. The second-order valence-corrected chi connectivity index (χ2v) is 5.88. The Morgan fingerprint density at radius 2 is 1.85 bits per heavy atom. The maximum absolute atomic E-state index is 10.7. The van der Waals surface area contributed by atoms with Gasteiger partial charge in [-0.15, -0.1) is 0 Å². The van der Waals surface area contributed by atoms with Gasteiger partial charge in [-0.2, -0.15) is 0 Å². The molecule has 1 aliphatic heterocycles. The normalized spacial score (nSPS) is 17.9. The van der Waals surface area contributed by atoms with Gasteiger partial charge in [0.1, 0.15) is 0 Å². The zero-order chi connectivity index (χ0) is 14.5. The second kappa shape index (κ2) is 7.27. The summed E-state index contributed by atoms with van der Waals surface area (Å²) >= 11 is 12.2. The first kappa shape index (κ1) is 15.6. The fourth-order valence-electron chi connectivity index (χ4n) is 2.44. The minimum Gasteiger partial charge on any atom is -0.480 e. The largest absolute Gasteiger partial charge is 0.480 e. The second-order valence-electron chi connectivity index (χ2n) is 5.04. The summed E-state index contributed by atoms with van der Waals surface area (Å²) < 4.78 is 0. The van der Waals surface area contributed by atoms with E-state index in [0.29, 0.717) is 5.02 Å². The van der Waals surface area contributed by atoms with E-state index in [2.05, 4.69) is 4.90 Å². The molecule has 0 bridgehead atoms. The molecule has 0 aromatic heterocycles.